The number of carboxylic acids is 1. The number of hydrogen-bond acceptors (Lipinski definition) is 4. The van der Waals surface area contributed by atoms with E-state index in [1.54, 1.807) is 12.1 Å². The summed E-state index contributed by atoms with van der Waals surface area (Å²) >= 11 is 11.7. The van der Waals surface area contributed by atoms with Gasteiger partial charge >= 0.3 is 5.97 Å². The average molecular weight is 377 g/mol. The van der Waals surface area contributed by atoms with Crippen LogP contribution in [0.15, 0.2) is 48.8 Å². The van der Waals surface area contributed by atoms with Gasteiger partial charge in [0.05, 0.1) is 33.6 Å². The maximum Gasteiger partial charge on any atom is 0.335 e. The molecule has 0 aliphatic rings. The van der Waals surface area contributed by atoms with Gasteiger partial charge in [0.25, 0.3) is 0 Å². The molecule has 0 aliphatic heterocycles. The SMILES string of the molecule is O=C(O)c1ccc(-n2cc(C(=O)c3cc(Cl)cc(Cl)c3O)cn2)cc1. The Kier molecular flexibility index (Phi) is 4.48. The van der Waals surface area contributed by atoms with E-state index >= 15 is 0 Å². The largest absolute Gasteiger partial charge is 0.506 e. The van der Waals surface area contributed by atoms with Gasteiger partial charge < -0.3 is 10.2 Å². The average Bonchev–Trinajstić information content (AvgIpc) is 3.07. The van der Waals surface area contributed by atoms with Crippen LogP contribution in [0, 0.1) is 0 Å². The standard InChI is InChI=1S/C17H10Cl2N2O4/c18-11-5-13(16(23)14(19)6-11)15(22)10-7-20-21(8-10)12-3-1-9(2-4-12)17(24)25/h1-8,23H,(H,24,25). The summed E-state index contributed by atoms with van der Waals surface area (Å²) in [4.78, 5) is 23.4. The van der Waals surface area contributed by atoms with Gasteiger partial charge in [-0.15, -0.1) is 0 Å². The lowest BCUT2D eigenvalue weighted by atomic mass is 10.1. The molecule has 2 aromatic carbocycles. The summed E-state index contributed by atoms with van der Waals surface area (Å²) in [5, 5.41) is 23.2. The van der Waals surface area contributed by atoms with E-state index in [-0.39, 0.29) is 32.5 Å². The van der Waals surface area contributed by atoms with Crippen molar-refractivity contribution in [2.24, 2.45) is 0 Å². The van der Waals surface area contributed by atoms with Crippen LogP contribution < -0.4 is 0 Å². The van der Waals surface area contributed by atoms with Crippen LogP contribution in [0.1, 0.15) is 26.3 Å². The Morgan fingerprint density at radius 3 is 2.36 bits per heavy atom. The van der Waals surface area contributed by atoms with Crippen LogP contribution in [0.3, 0.4) is 0 Å². The van der Waals surface area contributed by atoms with E-state index in [1.807, 2.05) is 0 Å². The summed E-state index contributed by atoms with van der Waals surface area (Å²) in [6.07, 6.45) is 2.80. The van der Waals surface area contributed by atoms with Gasteiger partial charge in [-0.2, -0.15) is 5.10 Å². The van der Waals surface area contributed by atoms with Crippen molar-refractivity contribution in [2.75, 3.05) is 0 Å². The molecule has 0 fully saturated rings. The predicted molar refractivity (Wildman–Crippen MR) is 92.1 cm³/mol. The molecule has 0 unspecified atom stereocenters. The fraction of sp³-hybridized carbons (Fsp3) is 0. The molecule has 1 aromatic heterocycles. The van der Waals surface area contributed by atoms with Gasteiger partial charge in [0, 0.05) is 11.2 Å². The molecule has 0 aliphatic carbocycles. The highest BCUT2D eigenvalue weighted by molar-refractivity contribution is 6.36. The van der Waals surface area contributed by atoms with Gasteiger partial charge in [0.2, 0.25) is 0 Å². The van der Waals surface area contributed by atoms with E-state index in [1.165, 1.54) is 41.3 Å². The second kappa shape index (κ2) is 6.58. The lowest BCUT2D eigenvalue weighted by molar-refractivity contribution is 0.0696. The quantitative estimate of drug-likeness (QED) is 0.675. The van der Waals surface area contributed by atoms with Crippen molar-refractivity contribution in [2.45, 2.75) is 0 Å². The summed E-state index contributed by atoms with van der Waals surface area (Å²) < 4.78 is 1.42. The molecule has 0 saturated heterocycles. The fourth-order valence-electron chi connectivity index (χ4n) is 2.23. The van der Waals surface area contributed by atoms with E-state index in [2.05, 4.69) is 5.10 Å². The summed E-state index contributed by atoms with van der Waals surface area (Å²) in [5.41, 5.74) is 0.914. The molecule has 3 rings (SSSR count). The summed E-state index contributed by atoms with van der Waals surface area (Å²) in [6, 6.07) is 8.66. The minimum Gasteiger partial charge on any atom is -0.506 e. The highest BCUT2D eigenvalue weighted by atomic mass is 35.5. The molecule has 0 amide bonds. The molecule has 3 aromatic rings. The maximum atomic E-state index is 12.6. The Morgan fingerprint density at radius 2 is 1.72 bits per heavy atom. The smallest absolute Gasteiger partial charge is 0.335 e. The zero-order valence-electron chi connectivity index (χ0n) is 12.5. The zero-order valence-corrected chi connectivity index (χ0v) is 14.0. The van der Waals surface area contributed by atoms with Gasteiger partial charge in [-0.3, -0.25) is 4.79 Å². The number of halogens is 2. The minimum atomic E-state index is -1.03. The van der Waals surface area contributed by atoms with Crippen LogP contribution in [-0.4, -0.2) is 31.7 Å². The third-order valence-electron chi connectivity index (χ3n) is 3.50. The number of rotatable bonds is 4. The van der Waals surface area contributed by atoms with Gasteiger partial charge in [-0.05, 0) is 36.4 Å². The van der Waals surface area contributed by atoms with Crippen molar-refractivity contribution in [1.82, 2.24) is 9.78 Å². The van der Waals surface area contributed by atoms with Crippen LogP contribution in [0.25, 0.3) is 5.69 Å². The highest BCUT2D eigenvalue weighted by Gasteiger charge is 2.19. The molecule has 0 saturated carbocycles. The molecule has 25 heavy (non-hydrogen) atoms. The fourth-order valence-corrected chi connectivity index (χ4v) is 2.73. The van der Waals surface area contributed by atoms with Crippen LogP contribution in [-0.2, 0) is 0 Å². The second-order valence-corrected chi connectivity index (χ2v) is 5.98. The van der Waals surface area contributed by atoms with Crippen molar-refractivity contribution >= 4 is 35.0 Å². The third-order valence-corrected chi connectivity index (χ3v) is 4.00. The Morgan fingerprint density at radius 1 is 1.04 bits per heavy atom. The molecule has 0 atom stereocenters. The number of hydrogen-bond donors (Lipinski definition) is 2. The number of aromatic nitrogens is 2. The number of carbonyl (C=O) groups excluding carboxylic acids is 1. The van der Waals surface area contributed by atoms with Crippen molar-refractivity contribution < 1.29 is 19.8 Å². The Bertz CT molecular complexity index is 981. The first-order valence-electron chi connectivity index (χ1n) is 6.98. The molecular weight excluding hydrogens is 367 g/mol. The summed E-state index contributed by atoms with van der Waals surface area (Å²) in [5.74, 6) is -1.87. The van der Waals surface area contributed by atoms with E-state index < -0.39 is 11.8 Å². The van der Waals surface area contributed by atoms with Crippen LogP contribution >= 0.6 is 23.2 Å². The van der Waals surface area contributed by atoms with Crippen LogP contribution in [0.5, 0.6) is 5.75 Å². The lowest BCUT2D eigenvalue weighted by Crippen LogP contribution is -2.01. The minimum absolute atomic E-state index is 0.0208. The van der Waals surface area contributed by atoms with Gasteiger partial charge in [-0.25, -0.2) is 9.48 Å². The number of ketones is 1. The summed E-state index contributed by atoms with van der Waals surface area (Å²) in [6.45, 7) is 0. The van der Waals surface area contributed by atoms with Gasteiger partial charge in [0.1, 0.15) is 5.75 Å². The zero-order chi connectivity index (χ0) is 18.1. The van der Waals surface area contributed by atoms with E-state index in [9.17, 15) is 14.7 Å². The Balaban J connectivity index is 1.93. The second-order valence-electron chi connectivity index (χ2n) is 5.14. The van der Waals surface area contributed by atoms with Gasteiger partial charge in [0.15, 0.2) is 5.78 Å². The van der Waals surface area contributed by atoms with E-state index in [4.69, 9.17) is 28.3 Å². The van der Waals surface area contributed by atoms with Crippen molar-refractivity contribution in [3.63, 3.8) is 0 Å². The maximum absolute atomic E-state index is 12.6. The Labute approximate surface area is 151 Å². The highest BCUT2D eigenvalue weighted by Crippen LogP contribution is 2.32. The van der Waals surface area contributed by atoms with Crippen molar-refractivity contribution in [1.29, 1.82) is 0 Å². The summed E-state index contributed by atoms with van der Waals surface area (Å²) in [7, 11) is 0. The number of aromatic carboxylic acids is 1. The number of carboxylic acid groups (broad SMARTS) is 1. The van der Waals surface area contributed by atoms with Crippen molar-refractivity contribution in [3.05, 3.63) is 75.5 Å². The van der Waals surface area contributed by atoms with E-state index in [0.717, 1.165) is 0 Å². The number of phenolic OH excluding ortho intramolecular Hbond substituents is 1. The van der Waals surface area contributed by atoms with Crippen LogP contribution in [0.4, 0.5) is 0 Å². The molecule has 8 heteroatoms. The first kappa shape index (κ1) is 17.0. The molecule has 0 bridgehead atoms. The van der Waals surface area contributed by atoms with E-state index in [0.29, 0.717) is 5.69 Å². The van der Waals surface area contributed by atoms with Crippen molar-refractivity contribution in [3.8, 4) is 11.4 Å². The molecule has 1 heterocycles. The normalized spacial score (nSPS) is 10.6. The molecular formula is C17H10Cl2N2O4. The first-order valence-corrected chi connectivity index (χ1v) is 7.73. The molecule has 126 valence electrons. The molecule has 6 nitrogen and oxygen atoms in total. The number of benzene rings is 2. The number of carbonyl (C=O) groups is 2. The topological polar surface area (TPSA) is 92.4 Å². The monoisotopic (exact) mass is 376 g/mol. The Hall–Kier alpha value is -2.83. The molecule has 0 radical (unpaired) electrons. The predicted octanol–water partition coefficient (Wildman–Crippen LogP) is 3.81. The molecule has 0 spiro atoms. The molecule has 2 N–H and O–H groups in total. The number of phenols is 1. The first-order chi connectivity index (χ1) is 11.9. The third kappa shape index (κ3) is 3.35. The number of aromatic hydroxyl groups is 1. The number of nitrogens with zero attached hydrogens (tertiary/aromatic N) is 2. The van der Waals surface area contributed by atoms with Gasteiger partial charge in [-0.1, -0.05) is 23.2 Å². The van der Waals surface area contributed by atoms with Crippen LogP contribution in [0.2, 0.25) is 10.0 Å². The lowest BCUT2D eigenvalue weighted by Gasteiger charge is -2.05.